The number of nitrogens with one attached hydrogen (secondary N) is 2. The van der Waals surface area contributed by atoms with Crippen LogP contribution >= 0.6 is 11.6 Å². The SMILES string of the molecule is Cc1noc(C)c1C(=O)Nc1ccccc1C(=O)Nc1ccc(Cl)cc1. The van der Waals surface area contributed by atoms with E-state index in [9.17, 15) is 9.59 Å². The molecule has 0 aliphatic carbocycles. The summed E-state index contributed by atoms with van der Waals surface area (Å²) in [4.78, 5) is 25.1. The molecule has 7 heteroatoms. The molecule has 0 saturated heterocycles. The number of anilines is 2. The molecule has 1 aromatic heterocycles. The second-order valence-electron chi connectivity index (χ2n) is 5.66. The van der Waals surface area contributed by atoms with E-state index in [-0.39, 0.29) is 11.8 Å². The number of hydrogen-bond acceptors (Lipinski definition) is 4. The van der Waals surface area contributed by atoms with Crippen molar-refractivity contribution >= 4 is 34.8 Å². The highest BCUT2D eigenvalue weighted by Gasteiger charge is 2.20. The molecule has 0 unspecified atom stereocenters. The van der Waals surface area contributed by atoms with Crippen molar-refractivity contribution < 1.29 is 14.1 Å². The summed E-state index contributed by atoms with van der Waals surface area (Å²) in [6.45, 7) is 3.35. The number of para-hydroxylation sites is 1. The Bertz CT molecular complexity index is 945. The average molecular weight is 370 g/mol. The van der Waals surface area contributed by atoms with Crippen LogP contribution in [-0.4, -0.2) is 17.0 Å². The van der Waals surface area contributed by atoms with E-state index in [1.807, 2.05) is 0 Å². The van der Waals surface area contributed by atoms with Crippen molar-refractivity contribution in [3.05, 3.63) is 76.1 Å². The molecule has 3 rings (SSSR count). The summed E-state index contributed by atoms with van der Waals surface area (Å²) in [5.41, 5.74) is 2.18. The zero-order chi connectivity index (χ0) is 18.7. The molecule has 0 saturated carbocycles. The number of rotatable bonds is 4. The van der Waals surface area contributed by atoms with Crippen LogP contribution in [0.4, 0.5) is 11.4 Å². The Morgan fingerprint density at radius 1 is 0.962 bits per heavy atom. The lowest BCUT2D eigenvalue weighted by Crippen LogP contribution is -2.19. The van der Waals surface area contributed by atoms with Crippen LogP contribution in [0.3, 0.4) is 0 Å². The maximum absolute atomic E-state index is 12.6. The minimum absolute atomic E-state index is 0.336. The molecule has 1 heterocycles. The Labute approximate surface area is 155 Å². The van der Waals surface area contributed by atoms with E-state index in [1.54, 1.807) is 62.4 Å². The molecule has 0 atom stereocenters. The predicted molar refractivity (Wildman–Crippen MR) is 99.8 cm³/mol. The van der Waals surface area contributed by atoms with Gasteiger partial charge in [0.05, 0.1) is 16.9 Å². The molecular weight excluding hydrogens is 354 g/mol. The summed E-state index contributed by atoms with van der Waals surface area (Å²) in [5.74, 6) is -0.307. The van der Waals surface area contributed by atoms with E-state index >= 15 is 0 Å². The Balaban J connectivity index is 1.82. The lowest BCUT2D eigenvalue weighted by Gasteiger charge is -2.11. The quantitative estimate of drug-likeness (QED) is 0.711. The van der Waals surface area contributed by atoms with Crippen LogP contribution in [0.1, 0.15) is 32.2 Å². The molecule has 0 aliphatic rings. The van der Waals surface area contributed by atoms with Crippen molar-refractivity contribution in [3.8, 4) is 0 Å². The fraction of sp³-hybridized carbons (Fsp3) is 0.105. The lowest BCUT2D eigenvalue weighted by atomic mass is 10.1. The topological polar surface area (TPSA) is 84.2 Å². The number of aryl methyl sites for hydroxylation is 2. The molecule has 0 spiro atoms. The van der Waals surface area contributed by atoms with Gasteiger partial charge in [-0.15, -0.1) is 0 Å². The van der Waals surface area contributed by atoms with Crippen molar-refractivity contribution in [2.45, 2.75) is 13.8 Å². The number of halogens is 1. The molecule has 0 fully saturated rings. The third-order valence-corrected chi connectivity index (χ3v) is 4.03. The van der Waals surface area contributed by atoms with Crippen molar-refractivity contribution in [3.63, 3.8) is 0 Å². The molecule has 0 aliphatic heterocycles. The van der Waals surface area contributed by atoms with Gasteiger partial charge in [-0.1, -0.05) is 28.9 Å². The maximum atomic E-state index is 12.6. The van der Waals surface area contributed by atoms with Gasteiger partial charge in [0, 0.05) is 10.7 Å². The Kier molecular flexibility index (Phi) is 5.04. The van der Waals surface area contributed by atoms with Crippen molar-refractivity contribution in [1.82, 2.24) is 5.16 Å². The van der Waals surface area contributed by atoms with E-state index in [0.717, 1.165) is 0 Å². The first-order chi connectivity index (χ1) is 12.5. The largest absolute Gasteiger partial charge is 0.361 e. The van der Waals surface area contributed by atoms with Crippen LogP contribution in [0.25, 0.3) is 0 Å². The monoisotopic (exact) mass is 369 g/mol. The van der Waals surface area contributed by atoms with Gasteiger partial charge < -0.3 is 15.2 Å². The molecule has 2 aromatic carbocycles. The highest BCUT2D eigenvalue weighted by Crippen LogP contribution is 2.21. The van der Waals surface area contributed by atoms with Crippen molar-refractivity contribution in [1.29, 1.82) is 0 Å². The van der Waals surface area contributed by atoms with Gasteiger partial charge in [0.1, 0.15) is 11.3 Å². The molecule has 26 heavy (non-hydrogen) atoms. The lowest BCUT2D eigenvalue weighted by molar-refractivity contribution is 0.102. The molecular formula is C19H16ClN3O3. The second kappa shape index (κ2) is 7.41. The van der Waals surface area contributed by atoms with Crippen LogP contribution in [0.2, 0.25) is 5.02 Å². The van der Waals surface area contributed by atoms with Gasteiger partial charge in [-0.2, -0.15) is 0 Å². The summed E-state index contributed by atoms with van der Waals surface area (Å²) >= 11 is 5.85. The number of hydrogen-bond donors (Lipinski definition) is 2. The smallest absolute Gasteiger partial charge is 0.261 e. The summed E-state index contributed by atoms with van der Waals surface area (Å²) in [5, 5.41) is 9.88. The van der Waals surface area contributed by atoms with E-state index in [2.05, 4.69) is 15.8 Å². The average Bonchev–Trinajstić information content (AvgIpc) is 2.96. The summed E-state index contributed by atoms with van der Waals surface area (Å²) in [6.07, 6.45) is 0. The van der Waals surface area contributed by atoms with Crippen LogP contribution < -0.4 is 10.6 Å². The number of nitrogens with zero attached hydrogens (tertiary/aromatic N) is 1. The van der Waals surface area contributed by atoms with E-state index in [0.29, 0.717) is 39.0 Å². The van der Waals surface area contributed by atoms with Crippen LogP contribution in [0, 0.1) is 13.8 Å². The Hall–Kier alpha value is -3.12. The maximum Gasteiger partial charge on any atom is 0.261 e. The minimum Gasteiger partial charge on any atom is -0.361 e. The number of carbonyl (C=O) groups is 2. The number of carbonyl (C=O) groups excluding carboxylic acids is 2. The predicted octanol–water partition coefficient (Wildman–Crippen LogP) is 4.45. The Morgan fingerprint density at radius 2 is 1.65 bits per heavy atom. The standard InChI is InChI=1S/C19H16ClN3O3/c1-11-17(12(2)26-23-11)19(25)22-16-6-4-3-5-15(16)18(24)21-14-9-7-13(20)8-10-14/h3-10H,1-2H3,(H,21,24)(H,22,25). The molecule has 6 nitrogen and oxygen atoms in total. The number of aromatic nitrogens is 1. The highest BCUT2D eigenvalue weighted by molar-refractivity contribution is 6.30. The zero-order valence-electron chi connectivity index (χ0n) is 14.2. The van der Waals surface area contributed by atoms with Gasteiger partial charge in [0.2, 0.25) is 0 Å². The third kappa shape index (κ3) is 3.75. The first kappa shape index (κ1) is 17.7. The third-order valence-electron chi connectivity index (χ3n) is 3.78. The summed E-state index contributed by atoms with van der Waals surface area (Å²) in [7, 11) is 0. The van der Waals surface area contributed by atoms with Gasteiger partial charge in [0.15, 0.2) is 0 Å². The van der Waals surface area contributed by atoms with E-state index in [1.165, 1.54) is 0 Å². The fourth-order valence-corrected chi connectivity index (χ4v) is 2.64. The summed E-state index contributed by atoms with van der Waals surface area (Å²) in [6, 6.07) is 13.5. The number of benzene rings is 2. The van der Waals surface area contributed by atoms with Crippen LogP contribution in [0.15, 0.2) is 53.1 Å². The minimum atomic E-state index is -0.381. The van der Waals surface area contributed by atoms with Gasteiger partial charge in [-0.3, -0.25) is 9.59 Å². The van der Waals surface area contributed by atoms with Crippen LogP contribution in [-0.2, 0) is 0 Å². The van der Waals surface area contributed by atoms with Crippen LogP contribution in [0.5, 0.6) is 0 Å². The molecule has 132 valence electrons. The highest BCUT2D eigenvalue weighted by atomic mass is 35.5. The fourth-order valence-electron chi connectivity index (χ4n) is 2.51. The molecule has 0 radical (unpaired) electrons. The normalized spacial score (nSPS) is 10.4. The number of amides is 2. The summed E-state index contributed by atoms with van der Waals surface area (Å²) < 4.78 is 5.02. The van der Waals surface area contributed by atoms with Gasteiger partial charge in [-0.25, -0.2) is 0 Å². The zero-order valence-corrected chi connectivity index (χ0v) is 14.9. The molecule has 3 aromatic rings. The van der Waals surface area contributed by atoms with Gasteiger partial charge in [-0.05, 0) is 50.2 Å². The van der Waals surface area contributed by atoms with E-state index in [4.69, 9.17) is 16.1 Å². The first-order valence-electron chi connectivity index (χ1n) is 7.86. The van der Waals surface area contributed by atoms with E-state index < -0.39 is 0 Å². The Morgan fingerprint density at radius 3 is 2.31 bits per heavy atom. The molecule has 0 bridgehead atoms. The van der Waals surface area contributed by atoms with Gasteiger partial charge >= 0.3 is 0 Å². The second-order valence-corrected chi connectivity index (χ2v) is 6.10. The first-order valence-corrected chi connectivity index (χ1v) is 8.23. The van der Waals surface area contributed by atoms with Gasteiger partial charge in [0.25, 0.3) is 11.8 Å². The molecule has 2 amide bonds. The molecule has 2 N–H and O–H groups in total. The van der Waals surface area contributed by atoms with Crippen molar-refractivity contribution in [2.75, 3.05) is 10.6 Å². The van der Waals surface area contributed by atoms with Crippen molar-refractivity contribution in [2.24, 2.45) is 0 Å².